The van der Waals surface area contributed by atoms with Gasteiger partial charge in [0.15, 0.2) is 0 Å². The van der Waals surface area contributed by atoms with Crippen LogP contribution in [0.1, 0.15) is 29.0 Å². The Morgan fingerprint density at radius 1 is 0.909 bits per heavy atom. The Balaban J connectivity index is 1.46. The molecule has 6 rings (SSSR count). The fraction of sp³-hybridized carbons (Fsp3) is 0.148. The summed E-state index contributed by atoms with van der Waals surface area (Å²) in [5.41, 5.74) is 3.45. The molecule has 0 amide bonds. The molecule has 0 radical (unpaired) electrons. The van der Waals surface area contributed by atoms with Crippen molar-refractivity contribution in [1.29, 1.82) is 5.41 Å². The van der Waals surface area contributed by atoms with Gasteiger partial charge in [-0.05, 0) is 17.4 Å². The van der Waals surface area contributed by atoms with Crippen LogP contribution in [-0.2, 0) is 13.1 Å². The zero-order valence-electron chi connectivity index (χ0n) is 18.1. The van der Waals surface area contributed by atoms with Crippen LogP contribution in [0.4, 0.5) is 0 Å². The number of benzene rings is 3. The molecular formula is C27H23N5O. The Morgan fingerprint density at radius 3 is 2.61 bits per heavy atom. The van der Waals surface area contributed by atoms with Gasteiger partial charge in [0.2, 0.25) is 5.88 Å². The molecule has 33 heavy (non-hydrogen) atoms. The second kappa shape index (κ2) is 8.06. The molecule has 1 atom stereocenters. The molecule has 6 heteroatoms. The minimum absolute atomic E-state index is 0.115. The number of rotatable bonds is 5. The monoisotopic (exact) mass is 433 g/mol. The first-order valence-electron chi connectivity index (χ1n) is 11.1. The Labute approximate surface area is 191 Å². The lowest BCUT2D eigenvalue weighted by Crippen LogP contribution is -2.30. The van der Waals surface area contributed by atoms with Gasteiger partial charge < -0.3 is 13.9 Å². The molecule has 0 aliphatic carbocycles. The number of nitrogens with one attached hydrogen (secondary N) is 1. The number of ether oxygens (including phenoxy) is 1. The lowest BCUT2D eigenvalue weighted by molar-refractivity contribution is 0.423. The topological polar surface area (TPSA) is 68.7 Å². The van der Waals surface area contributed by atoms with Gasteiger partial charge in [-0.25, -0.2) is 9.97 Å². The van der Waals surface area contributed by atoms with Crippen molar-refractivity contribution in [2.24, 2.45) is 0 Å². The van der Waals surface area contributed by atoms with Crippen molar-refractivity contribution in [3.05, 3.63) is 114 Å². The van der Waals surface area contributed by atoms with E-state index in [1.54, 1.807) is 12.5 Å². The highest BCUT2D eigenvalue weighted by atomic mass is 16.5. The third kappa shape index (κ3) is 3.40. The molecule has 1 aliphatic rings. The number of nitrogens with zero attached hydrogens (tertiary/aromatic N) is 4. The number of hydrogen-bond acceptors (Lipinski definition) is 4. The number of aryl methyl sites for hydroxylation is 2. The van der Waals surface area contributed by atoms with Crippen molar-refractivity contribution in [3.8, 4) is 11.6 Å². The Kier molecular flexibility index (Phi) is 4.76. The highest BCUT2D eigenvalue weighted by Crippen LogP contribution is 2.47. The maximum atomic E-state index is 9.09. The van der Waals surface area contributed by atoms with E-state index in [0.717, 1.165) is 46.2 Å². The summed E-state index contributed by atoms with van der Waals surface area (Å²) in [5, 5.41) is 11.3. The molecule has 3 heterocycles. The molecule has 162 valence electrons. The van der Waals surface area contributed by atoms with Gasteiger partial charge >= 0.3 is 0 Å². The van der Waals surface area contributed by atoms with Crippen molar-refractivity contribution in [1.82, 2.24) is 19.1 Å². The molecule has 0 bridgehead atoms. The maximum absolute atomic E-state index is 9.09. The first kappa shape index (κ1) is 19.5. The van der Waals surface area contributed by atoms with Gasteiger partial charge in [0.1, 0.15) is 17.6 Å². The average molecular weight is 434 g/mol. The first-order chi connectivity index (χ1) is 16.3. The highest BCUT2D eigenvalue weighted by Gasteiger charge is 2.32. The summed E-state index contributed by atoms with van der Waals surface area (Å²) >= 11 is 0. The normalized spacial score (nSPS) is 14.5. The van der Waals surface area contributed by atoms with Gasteiger partial charge in [-0.2, -0.15) is 0 Å². The molecule has 0 saturated carbocycles. The second-order valence-electron chi connectivity index (χ2n) is 8.31. The summed E-state index contributed by atoms with van der Waals surface area (Å²) in [4.78, 5) is 8.78. The van der Waals surface area contributed by atoms with Gasteiger partial charge in [-0.3, -0.25) is 5.41 Å². The molecule has 0 fully saturated rings. The van der Waals surface area contributed by atoms with Crippen LogP contribution in [0.15, 0.2) is 91.8 Å². The van der Waals surface area contributed by atoms with Crippen LogP contribution in [0, 0.1) is 5.41 Å². The van der Waals surface area contributed by atoms with E-state index in [1.165, 1.54) is 0 Å². The Morgan fingerprint density at radius 2 is 1.76 bits per heavy atom. The molecule has 0 unspecified atom stereocenters. The fourth-order valence-electron chi connectivity index (χ4n) is 4.70. The largest absolute Gasteiger partial charge is 0.438 e. The summed E-state index contributed by atoms with van der Waals surface area (Å²) in [6, 6.07) is 22.9. The van der Waals surface area contributed by atoms with Crippen molar-refractivity contribution >= 4 is 10.8 Å². The molecule has 1 aliphatic heterocycles. The van der Waals surface area contributed by atoms with E-state index in [2.05, 4.69) is 46.4 Å². The Bertz CT molecular complexity index is 1490. The lowest BCUT2D eigenvalue weighted by Gasteiger charge is -2.29. The van der Waals surface area contributed by atoms with Crippen molar-refractivity contribution in [3.63, 3.8) is 0 Å². The van der Waals surface area contributed by atoms with Crippen LogP contribution in [-0.4, -0.2) is 19.1 Å². The SMILES string of the molecule is N=c1c2c(ncn1CCCn1ccnc1)Oc1c(ccc3ccccc13)[C@H]2c1ccccc1. The standard InChI is InChI=1S/C27H23N5O/c28-26-24-23(20-8-2-1-3-9-20)22-12-11-19-7-4-5-10-21(19)25(22)33-27(24)30-18-32(26)15-6-14-31-16-13-29-17-31/h1-5,7-13,16-18,23,28H,6,14-15H2/t23-/m1/s1. The molecule has 3 aromatic carbocycles. The number of fused-ring (bicyclic) bond motifs is 4. The highest BCUT2D eigenvalue weighted by molar-refractivity contribution is 5.91. The minimum atomic E-state index is -0.115. The molecule has 0 saturated heterocycles. The van der Waals surface area contributed by atoms with Crippen molar-refractivity contribution in [2.75, 3.05) is 0 Å². The van der Waals surface area contributed by atoms with Crippen molar-refractivity contribution in [2.45, 2.75) is 25.4 Å². The lowest BCUT2D eigenvalue weighted by atomic mass is 9.83. The van der Waals surface area contributed by atoms with E-state index >= 15 is 0 Å². The van der Waals surface area contributed by atoms with Crippen LogP contribution in [0.5, 0.6) is 11.6 Å². The van der Waals surface area contributed by atoms with E-state index in [9.17, 15) is 0 Å². The number of aromatic nitrogens is 4. The molecule has 5 aromatic rings. The number of imidazole rings is 1. The third-order valence-electron chi connectivity index (χ3n) is 6.30. The quantitative estimate of drug-likeness (QED) is 0.412. The molecular weight excluding hydrogens is 410 g/mol. The summed E-state index contributed by atoms with van der Waals surface area (Å²) < 4.78 is 10.4. The fourth-order valence-corrected chi connectivity index (χ4v) is 4.70. The predicted octanol–water partition coefficient (Wildman–Crippen LogP) is 5.09. The molecule has 6 nitrogen and oxygen atoms in total. The van der Waals surface area contributed by atoms with Crippen LogP contribution in [0.3, 0.4) is 0 Å². The second-order valence-corrected chi connectivity index (χ2v) is 8.31. The van der Waals surface area contributed by atoms with Gasteiger partial charge in [0, 0.05) is 42.4 Å². The van der Waals surface area contributed by atoms with E-state index in [1.807, 2.05) is 52.0 Å². The smallest absolute Gasteiger partial charge is 0.228 e. The van der Waals surface area contributed by atoms with Crippen LogP contribution < -0.4 is 10.2 Å². The van der Waals surface area contributed by atoms with Crippen molar-refractivity contribution < 1.29 is 4.74 Å². The van der Waals surface area contributed by atoms with Crippen LogP contribution in [0.2, 0.25) is 0 Å². The summed E-state index contributed by atoms with van der Waals surface area (Å²) in [7, 11) is 0. The predicted molar refractivity (Wildman–Crippen MR) is 126 cm³/mol. The van der Waals surface area contributed by atoms with Gasteiger partial charge in [0.05, 0.1) is 11.9 Å². The Hall–Kier alpha value is -4.19. The van der Waals surface area contributed by atoms with E-state index in [-0.39, 0.29) is 5.92 Å². The molecule has 0 spiro atoms. The molecule has 2 aromatic heterocycles. The van der Waals surface area contributed by atoms with Crippen LogP contribution >= 0.6 is 0 Å². The van der Waals surface area contributed by atoms with Crippen LogP contribution in [0.25, 0.3) is 10.8 Å². The number of hydrogen-bond donors (Lipinski definition) is 1. The summed E-state index contributed by atoms with van der Waals surface area (Å²) in [6.07, 6.45) is 8.17. The first-order valence-corrected chi connectivity index (χ1v) is 11.1. The third-order valence-corrected chi connectivity index (χ3v) is 6.30. The van der Waals surface area contributed by atoms with Gasteiger partial charge in [-0.15, -0.1) is 0 Å². The van der Waals surface area contributed by atoms with E-state index < -0.39 is 0 Å². The van der Waals surface area contributed by atoms with Gasteiger partial charge in [0.25, 0.3) is 0 Å². The summed E-state index contributed by atoms with van der Waals surface area (Å²) in [5.74, 6) is 1.23. The average Bonchev–Trinajstić information content (AvgIpc) is 3.38. The molecule has 1 N–H and O–H groups in total. The van der Waals surface area contributed by atoms with Gasteiger partial charge in [-0.1, -0.05) is 66.7 Å². The maximum Gasteiger partial charge on any atom is 0.228 e. The minimum Gasteiger partial charge on any atom is -0.438 e. The zero-order chi connectivity index (χ0) is 22.2. The van der Waals surface area contributed by atoms with E-state index in [0.29, 0.717) is 17.9 Å². The summed E-state index contributed by atoms with van der Waals surface area (Å²) in [6.45, 7) is 1.54. The zero-order valence-corrected chi connectivity index (χ0v) is 18.1. The van der Waals surface area contributed by atoms with E-state index in [4.69, 9.17) is 10.1 Å².